The molecule has 92 valence electrons. The van der Waals surface area contributed by atoms with E-state index < -0.39 is 30.3 Å². The van der Waals surface area contributed by atoms with Gasteiger partial charge >= 0.3 is 6.09 Å². The number of aliphatic hydroxyl groups is 2. The van der Waals surface area contributed by atoms with E-state index in [9.17, 15) is 14.7 Å². The van der Waals surface area contributed by atoms with Crippen LogP contribution in [0.4, 0.5) is 4.79 Å². The second-order valence-electron chi connectivity index (χ2n) is 4.25. The molecule has 0 aromatic rings. The molecule has 6 nitrogen and oxygen atoms in total. The van der Waals surface area contributed by atoms with E-state index in [0.717, 1.165) is 4.90 Å². The van der Waals surface area contributed by atoms with E-state index in [1.54, 1.807) is 13.8 Å². The molecule has 0 radical (unpaired) electrons. The number of hydrogen-bond acceptors (Lipinski definition) is 5. The first kappa shape index (κ1) is 12.9. The van der Waals surface area contributed by atoms with Gasteiger partial charge < -0.3 is 14.9 Å². The Kier molecular flexibility index (Phi) is 3.88. The number of nitrogens with zero attached hydrogens (tertiary/aromatic N) is 1. The van der Waals surface area contributed by atoms with Crippen molar-refractivity contribution in [1.82, 2.24) is 4.90 Å². The standard InChI is InChI=1S/C10H17NO5/c1-5(2)7(4-12)11-9(14)8(6(3)13)16-10(11)15/h5-8,12-13H,4H2,1-3H3/t6-,7-,8+/m1/s1. The number of ether oxygens (including phenoxy) is 1. The smallest absolute Gasteiger partial charge is 0.417 e. The first-order chi connectivity index (χ1) is 7.40. The van der Waals surface area contributed by atoms with Gasteiger partial charge in [0.2, 0.25) is 6.10 Å². The molecule has 0 aromatic carbocycles. The summed E-state index contributed by atoms with van der Waals surface area (Å²) in [5, 5.41) is 18.4. The summed E-state index contributed by atoms with van der Waals surface area (Å²) in [4.78, 5) is 24.1. The molecule has 0 aromatic heterocycles. The van der Waals surface area contributed by atoms with Gasteiger partial charge in [-0.1, -0.05) is 13.8 Å². The highest BCUT2D eigenvalue weighted by atomic mass is 16.6. The molecule has 2 amide bonds. The van der Waals surface area contributed by atoms with Gasteiger partial charge in [0.15, 0.2) is 0 Å². The van der Waals surface area contributed by atoms with Crippen LogP contribution in [0.15, 0.2) is 0 Å². The molecule has 1 aliphatic heterocycles. The van der Waals surface area contributed by atoms with Crippen molar-refractivity contribution in [3.63, 3.8) is 0 Å². The van der Waals surface area contributed by atoms with E-state index in [4.69, 9.17) is 9.84 Å². The molecule has 0 unspecified atom stereocenters. The highest BCUT2D eigenvalue weighted by molar-refractivity contribution is 6.00. The molecular weight excluding hydrogens is 214 g/mol. The Balaban J connectivity index is 2.89. The number of carbonyl (C=O) groups is 2. The van der Waals surface area contributed by atoms with Crippen LogP contribution >= 0.6 is 0 Å². The van der Waals surface area contributed by atoms with Crippen LogP contribution < -0.4 is 0 Å². The summed E-state index contributed by atoms with van der Waals surface area (Å²) in [6.07, 6.45) is -3.00. The third-order valence-electron chi connectivity index (χ3n) is 2.63. The summed E-state index contributed by atoms with van der Waals surface area (Å²) in [5.41, 5.74) is 0. The van der Waals surface area contributed by atoms with E-state index in [1.165, 1.54) is 6.92 Å². The highest BCUT2D eigenvalue weighted by Crippen LogP contribution is 2.22. The summed E-state index contributed by atoms with van der Waals surface area (Å²) in [5.74, 6) is -0.665. The monoisotopic (exact) mass is 231 g/mol. The van der Waals surface area contributed by atoms with E-state index in [-0.39, 0.29) is 12.5 Å². The van der Waals surface area contributed by atoms with Crippen molar-refractivity contribution in [1.29, 1.82) is 0 Å². The largest absolute Gasteiger partial charge is 0.433 e. The second-order valence-corrected chi connectivity index (χ2v) is 4.25. The fourth-order valence-electron chi connectivity index (χ4n) is 1.64. The summed E-state index contributed by atoms with van der Waals surface area (Å²) in [7, 11) is 0. The first-order valence-electron chi connectivity index (χ1n) is 5.22. The van der Waals surface area contributed by atoms with Crippen LogP contribution in [0.3, 0.4) is 0 Å². The summed E-state index contributed by atoms with van der Waals surface area (Å²) < 4.78 is 4.76. The molecule has 0 spiro atoms. The quantitative estimate of drug-likeness (QED) is 0.695. The molecule has 1 saturated heterocycles. The molecule has 0 saturated carbocycles. The molecule has 6 heteroatoms. The zero-order chi connectivity index (χ0) is 12.5. The Morgan fingerprint density at radius 2 is 1.94 bits per heavy atom. The lowest BCUT2D eigenvalue weighted by molar-refractivity contribution is -0.135. The molecule has 2 N–H and O–H groups in total. The Hall–Kier alpha value is -1.14. The average molecular weight is 231 g/mol. The number of hydrogen-bond donors (Lipinski definition) is 2. The van der Waals surface area contributed by atoms with Crippen molar-refractivity contribution >= 4 is 12.0 Å². The van der Waals surface area contributed by atoms with E-state index >= 15 is 0 Å². The maximum Gasteiger partial charge on any atom is 0.417 e. The predicted molar refractivity (Wildman–Crippen MR) is 54.5 cm³/mol. The third kappa shape index (κ3) is 2.17. The van der Waals surface area contributed by atoms with Gasteiger partial charge in [0, 0.05) is 0 Å². The molecule has 1 aliphatic rings. The van der Waals surface area contributed by atoms with Gasteiger partial charge in [-0.15, -0.1) is 0 Å². The lowest BCUT2D eigenvalue weighted by atomic mass is 10.0. The molecule has 0 bridgehead atoms. The highest BCUT2D eigenvalue weighted by Gasteiger charge is 2.46. The lowest BCUT2D eigenvalue weighted by Crippen LogP contribution is -2.46. The summed E-state index contributed by atoms with van der Waals surface area (Å²) >= 11 is 0. The van der Waals surface area contributed by atoms with E-state index in [0.29, 0.717) is 0 Å². The fourth-order valence-corrected chi connectivity index (χ4v) is 1.64. The molecule has 0 aliphatic carbocycles. The normalized spacial score (nSPS) is 24.9. The zero-order valence-corrected chi connectivity index (χ0v) is 9.58. The fraction of sp³-hybridized carbons (Fsp3) is 0.800. The zero-order valence-electron chi connectivity index (χ0n) is 9.58. The molecule has 1 rings (SSSR count). The van der Waals surface area contributed by atoms with Gasteiger partial charge in [-0.25, -0.2) is 9.69 Å². The van der Waals surface area contributed by atoms with E-state index in [1.807, 2.05) is 0 Å². The van der Waals surface area contributed by atoms with Crippen LogP contribution in [0.25, 0.3) is 0 Å². The van der Waals surface area contributed by atoms with Crippen LogP contribution in [-0.2, 0) is 9.53 Å². The second kappa shape index (κ2) is 4.80. The third-order valence-corrected chi connectivity index (χ3v) is 2.63. The molecule has 16 heavy (non-hydrogen) atoms. The molecule has 1 heterocycles. The molecule has 3 atom stereocenters. The van der Waals surface area contributed by atoms with Crippen LogP contribution in [0.1, 0.15) is 20.8 Å². The topological polar surface area (TPSA) is 87.1 Å². The molecule has 1 fully saturated rings. The van der Waals surface area contributed by atoms with Crippen LogP contribution in [0.5, 0.6) is 0 Å². The average Bonchev–Trinajstić information content (AvgIpc) is 2.46. The van der Waals surface area contributed by atoms with Gasteiger partial charge in [-0.05, 0) is 12.8 Å². The van der Waals surface area contributed by atoms with Crippen LogP contribution in [-0.4, -0.2) is 52.0 Å². The SMILES string of the molecule is CC(C)[C@@H](CO)N1C(=O)O[C@@H]([C@@H](C)O)C1=O. The number of imide groups is 1. The van der Waals surface area contributed by atoms with Crippen molar-refractivity contribution in [2.45, 2.75) is 39.0 Å². The number of rotatable bonds is 4. The van der Waals surface area contributed by atoms with Crippen molar-refractivity contribution in [2.24, 2.45) is 5.92 Å². The lowest BCUT2D eigenvalue weighted by Gasteiger charge is -2.25. The van der Waals surface area contributed by atoms with Crippen LogP contribution in [0, 0.1) is 5.92 Å². The van der Waals surface area contributed by atoms with Gasteiger partial charge in [0.25, 0.3) is 5.91 Å². The van der Waals surface area contributed by atoms with Crippen molar-refractivity contribution in [3.8, 4) is 0 Å². The minimum absolute atomic E-state index is 0.0748. The van der Waals surface area contributed by atoms with E-state index in [2.05, 4.69) is 0 Å². The van der Waals surface area contributed by atoms with Crippen LogP contribution in [0.2, 0.25) is 0 Å². The number of cyclic esters (lactones) is 1. The number of aliphatic hydroxyl groups excluding tert-OH is 2. The number of carbonyl (C=O) groups excluding carboxylic acids is 2. The predicted octanol–water partition coefficient (Wildman–Crippen LogP) is -0.269. The van der Waals surface area contributed by atoms with Crippen molar-refractivity contribution < 1.29 is 24.5 Å². The maximum atomic E-state index is 11.8. The van der Waals surface area contributed by atoms with Crippen molar-refractivity contribution in [2.75, 3.05) is 6.61 Å². The first-order valence-corrected chi connectivity index (χ1v) is 5.22. The van der Waals surface area contributed by atoms with Gasteiger partial charge in [0.05, 0.1) is 18.8 Å². The van der Waals surface area contributed by atoms with Gasteiger partial charge in [0.1, 0.15) is 0 Å². The Labute approximate surface area is 93.8 Å². The Morgan fingerprint density at radius 3 is 2.25 bits per heavy atom. The summed E-state index contributed by atoms with van der Waals surface area (Å²) in [6.45, 7) is 4.64. The van der Waals surface area contributed by atoms with Gasteiger partial charge in [-0.3, -0.25) is 4.79 Å². The summed E-state index contributed by atoms with van der Waals surface area (Å²) in [6, 6.07) is -0.608. The number of amides is 2. The Bertz CT molecular complexity index is 289. The minimum Gasteiger partial charge on any atom is -0.433 e. The minimum atomic E-state index is -1.15. The maximum absolute atomic E-state index is 11.8. The van der Waals surface area contributed by atoms with Gasteiger partial charge in [-0.2, -0.15) is 0 Å². The molecular formula is C10H17NO5. The Morgan fingerprint density at radius 1 is 1.38 bits per heavy atom. The van der Waals surface area contributed by atoms with Crippen molar-refractivity contribution in [3.05, 3.63) is 0 Å².